The zero-order chi connectivity index (χ0) is 14.1. The average Bonchev–Trinajstić information content (AvgIpc) is 3.16. The second-order valence-corrected chi connectivity index (χ2v) is 5.27. The van der Waals surface area contributed by atoms with Crippen LogP contribution in [0.5, 0.6) is 0 Å². The van der Waals surface area contributed by atoms with Crippen LogP contribution in [0.4, 0.5) is 0 Å². The first-order valence-corrected chi connectivity index (χ1v) is 7.08. The van der Waals surface area contributed by atoms with E-state index in [2.05, 4.69) is 39.7 Å². The van der Waals surface area contributed by atoms with E-state index >= 15 is 0 Å². The lowest BCUT2D eigenvalue weighted by Gasteiger charge is -1.99. The summed E-state index contributed by atoms with van der Waals surface area (Å²) in [5.41, 5.74) is 4.84. The fourth-order valence-corrected chi connectivity index (χ4v) is 2.65. The average molecular weight is 277 g/mol. The Morgan fingerprint density at radius 1 is 1.00 bits per heavy atom. The number of hydrogen-bond donors (Lipinski definition) is 1. The SMILES string of the molecule is c1ccc(Cc2noc(-c3ccc4c(c3)CNC4)n2)cc1. The third kappa shape index (κ3) is 2.45. The molecule has 0 unspecified atom stereocenters. The Kier molecular flexibility index (Phi) is 3.01. The number of nitrogens with zero attached hydrogens (tertiary/aromatic N) is 2. The van der Waals surface area contributed by atoms with Gasteiger partial charge in [0, 0.05) is 25.1 Å². The lowest BCUT2D eigenvalue weighted by Crippen LogP contribution is -1.99. The smallest absolute Gasteiger partial charge is 0.257 e. The quantitative estimate of drug-likeness (QED) is 0.799. The summed E-state index contributed by atoms with van der Waals surface area (Å²) in [6.07, 6.45) is 0.691. The number of aromatic nitrogens is 2. The van der Waals surface area contributed by atoms with Gasteiger partial charge in [0.2, 0.25) is 0 Å². The van der Waals surface area contributed by atoms with E-state index in [1.807, 2.05) is 24.3 Å². The van der Waals surface area contributed by atoms with Gasteiger partial charge >= 0.3 is 0 Å². The van der Waals surface area contributed by atoms with E-state index in [9.17, 15) is 0 Å². The van der Waals surface area contributed by atoms with Crippen molar-refractivity contribution in [2.75, 3.05) is 0 Å². The molecule has 1 N–H and O–H groups in total. The molecule has 4 rings (SSSR count). The van der Waals surface area contributed by atoms with Gasteiger partial charge in [-0.15, -0.1) is 0 Å². The number of fused-ring (bicyclic) bond motifs is 1. The van der Waals surface area contributed by atoms with Gasteiger partial charge in [0.05, 0.1) is 0 Å². The van der Waals surface area contributed by atoms with Crippen LogP contribution in [-0.4, -0.2) is 10.1 Å². The van der Waals surface area contributed by atoms with Gasteiger partial charge in [-0.3, -0.25) is 0 Å². The standard InChI is InChI=1S/C17H15N3O/c1-2-4-12(5-3-1)8-16-19-17(21-20-16)13-6-7-14-10-18-11-15(14)9-13/h1-7,9,18H,8,10-11H2. The van der Waals surface area contributed by atoms with Gasteiger partial charge in [0.1, 0.15) is 0 Å². The molecule has 0 amide bonds. The highest BCUT2D eigenvalue weighted by molar-refractivity contribution is 5.56. The van der Waals surface area contributed by atoms with Crippen molar-refractivity contribution < 1.29 is 4.52 Å². The van der Waals surface area contributed by atoms with Crippen molar-refractivity contribution in [1.82, 2.24) is 15.5 Å². The number of rotatable bonds is 3. The van der Waals surface area contributed by atoms with E-state index in [1.54, 1.807) is 0 Å². The molecule has 0 bridgehead atoms. The molecule has 0 radical (unpaired) electrons. The lowest BCUT2D eigenvalue weighted by atomic mass is 10.1. The normalized spacial score (nSPS) is 13.3. The Morgan fingerprint density at radius 2 is 1.86 bits per heavy atom. The molecule has 1 aliphatic rings. The van der Waals surface area contributed by atoms with E-state index in [1.165, 1.54) is 16.7 Å². The minimum absolute atomic E-state index is 0.593. The maximum absolute atomic E-state index is 5.40. The third-order valence-electron chi connectivity index (χ3n) is 3.76. The molecule has 4 nitrogen and oxygen atoms in total. The third-order valence-corrected chi connectivity index (χ3v) is 3.76. The number of benzene rings is 2. The van der Waals surface area contributed by atoms with Crippen molar-refractivity contribution in [2.24, 2.45) is 0 Å². The fraction of sp³-hybridized carbons (Fsp3) is 0.176. The van der Waals surface area contributed by atoms with Crippen LogP contribution >= 0.6 is 0 Å². The molecule has 0 saturated carbocycles. The van der Waals surface area contributed by atoms with Crippen LogP contribution in [0.3, 0.4) is 0 Å². The molecule has 2 heterocycles. The van der Waals surface area contributed by atoms with Gasteiger partial charge in [0.15, 0.2) is 5.82 Å². The molecule has 1 aliphatic heterocycles. The summed E-state index contributed by atoms with van der Waals surface area (Å²) in [6, 6.07) is 16.5. The Labute approximate surface area is 122 Å². The molecule has 0 spiro atoms. The highest BCUT2D eigenvalue weighted by Crippen LogP contribution is 2.24. The van der Waals surface area contributed by atoms with Crippen molar-refractivity contribution in [3.8, 4) is 11.5 Å². The summed E-state index contributed by atoms with van der Waals surface area (Å²) in [5, 5.41) is 7.42. The minimum Gasteiger partial charge on any atom is -0.334 e. The molecular weight excluding hydrogens is 262 g/mol. The summed E-state index contributed by atoms with van der Waals surface area (Å²) in [7, 11) is 0. The lowest BCUT2D eigenvalue weighted by molar-refractivity contribution is 0.424. The highest BCUT2D eigenvalue weighted by atomic mass is 16.5. The Hall–Kier alpha value is -2.46. The van der Waals surface area contributed by atoms with E-state index in [0.717, 1.165) is 24.5 Å². The van der Waals surface area contributed by atoms with E-state index in [-0.39, 0.29) is 0 Å². The molecule has 4 heteroatoms. The number of hydrogen-bond acceptors (Lipinski definition) is 4. The summed E-state index contributed by atoms with van der Waals surface area (Å²) in [4.78, 5) is 4.50. The van der Waals surface area contributed by atoms with Crippen LogP contribution in [0.15, 0.2) is 53.1 Å². The molecule has 104 valence electrons. The van der Waals surface area contributed by atoms with Crippen LogP contribution in [0.2, 0.25) is 0 Å². The monoisotopic (exact) mass is 277 g/mol. The fourth-order valence-electron chi connectivity index (χ4n) is 2.65. The Bertz CT molecular complexity index is 765. The molecule has 0 aliphatic carbocycles. The first kappa shape index (κ1) is 12.3. The first-order chi connectivity index (χ1) is 10.4. The molecule has 0 fully saturated rings. The van der Waals surface area contributed by atoms with Crippen LogP contribution in [0.25, 0.3) is 11.5 Å². The largest absolute Gasteiger partial charge is 0.334 e. The van der Waals surface area contributed by atoms with Gasteiger partial charge in [-0.1, -0.05) is 41.6 Å². The summed E-state index contributed by atoms with van der Waals surface area (Å²) >= 11 is 0. The van der Waals surface area contributed by atoms with Gasteiger partial charge in [-0.2, -0.15) is 4.98 Å². The summed E-state index contributed by atoms with van der Waals surface area (Å²) < 4.78 is 5.40. The van der Waals surface area contributed by atoms with Crippen LogP contribution in [-0.2, 0) is 19.5 Å². The van der Waals surface area contributed by atoms with Gasteiger partial charge < -0.3 is 9.84 Å². The van der Waals surface area contributed by atoms with Gasteiger partial charge in [-0.05, 0) is 28.8 Å². The van der Waals surface area contributed by atoms with Crippen molar-refractivity contribution in [1.29, 1.82) is 0 Å². The predicted octanol–water partition coefficient (Wildman–Crippen LogP) is 2.93. The van der Waals surface area contributed by atoms with Crippen LogP contribution < -0.4 is 5.32 Å². The highest BCUT2D eigenvalue weighted by Gasteiger charge is 2.14. The number of nitrogens with one attached hydrogen (secondary N) is 1. The maximum Gasteiger partial charge on any atom is 0.257 e. The minimum atomic E-state index is 0.593. The van der Waals surface area contributed by atoms with E-state index < -0.39 is 0 Å². The molecule has 0 atom stereocenters. The topological polar surface area (TPSA) is 51.0 Å². The second-order valence-electron chi connectivity index (χ2n) is 5.27. The predicted molar refractivity (Wildman–Crippen MR) is 79.5 cm³/mol. The van der Waals surface area contributed by atoms with E-state index in [0.29, 0.717) is 12.3 Å². The van der Waals surface area contributed by atoms with E-state index in [4.69, 9.17) is 4.52 Å². The van der Waals surface area contributed by atoms with Crippen LogP contribution in [0, 0.1) is 0 Å². The molecular formula is C17H15N3O. The molecule has 3 aromatic rings. The maximum atomic E-state index is 5.40. The molecule has 21 heavy (non-hydrogen) atoms. The van der Waals surface area contributed by atoms with Crippen molar-refractivity contribution in [3.63, 3.8) is 0 Å². The van der Waals surface area contributed by atoms with Crippen LogP contribution in [0.1, 0.15) is 22.5 Å². The summed E-state index contributed by atoms with van der Waals surface area (Å²) in [6.45, 7) is 1.85. The Morgan fingerprint density at radius 3 is 2.76 bits per heavy atom. The van der Waals surface area contributed by atoms with Crippen molar-refractivity contribution in [3.05, 3.63) is 71.0 Å². The van der Waals surface area contributed by atoms with Gasteiger partial charge in [0.25, 0.3) is 5.89 Å². The molecule has 2 aromatic carbocycles. The second kappa shape index (κ2) is 5.14. The Balaban J connectivity index is 1.59. The molecule has 1 aromatic heterocycles. The van der Waals surface area contributed by atoms with Gasteiger partial charge in [-0.25, -0.2) is 0 Å². The first-order valence-electron chi connectivity index (χ1n) is 7.08. The zero-order valence-corrected chi connectivity index (χ0v) is 11.5. The van der Waals surface area contributed by atoms with Crippen molar-refractivity contribution in [2.45, 2.75) is 19.5 Å². The zero-order valence-electron chi connectivity index (χ0n) is 11.5. The van der Waals surface area contributed by atoms with Crippen molar-refractivity contribution >= 4 is 0 Å². The summed E-state index contributed by atoms with van der Waals surface area (Å²) in [5.74, 6) is 1.31. The molecule has 0 saturated heterocycles.